The predicted molar refractivity (Wildman–Crippen MR) is 149 cm³/mol. The third-order valence-electron chi connectivity index (χ3n) is 7.91. The van der Waals surface area contributed by atoms with Crippen molar-refractivity contribution in [2.45, 2.75) is 36.8 Å². The summed E-state index contributed by atoms with van der Waals surface area (Å²) < 4.78 is 0. The second-order valence-corrected chi connectivity index (χ2v) is 11.1. The molecular formula is C30H33Cl2N3O2. The number of benzene rings is 3. The summed E-state index contributed by atoms with van der Waals surface area (Å²) in [7, 11) is 0. The molecule has 1 amide bonds. The lowest BCUT2D eigenvalue weighted by Gasteiger charge is -2.46. The van der Waals surface area contributed by atoms with E-state index < -0.39 is 11.1 Å². The zero-order chi connectivity index (χ0) is 25.9. The first-order chi connectivity index (χ1) is 17.9. The van der Waals surface area contributed by atoms with Crippen LogP contribution in [-0.4, -0.2) is 53.7 Å². The molecule has 0 aliphatic carbocycles. The van der Waals surface area contributed by atoms with Gasteiger partial charge >= 0.3 is 0 Å². The Hall–Kier alpha value is -2.41. The maximum Gasteiger partial charge on any atom is 0.253 e. The largest absolute Gasteiger partial charge is 0.385 e. The molecule has 2 heterocycles. The van der Waals surface area contributed by atoms with Crippen LogP contribution in [0.2, 0.25) is 10.0 Å². The maximum atomic E-state index is 13.4. The van der Waals surface area contributed by atoms with E-state index >= 15 is 0 Å². The van der Waals surface area contributed by atoms with Gasteiger partial charge in [0.05, 0.1) is 21.2 Å². The molecule has 7 heteroatoms. The van der Waals surface area contributed by atoms with Gasteiger partial charge in [0.1, 0.15) is 0 Å². The van der Waals surface area contributed by atoms with E-state index in [9.17, 15) is 9.90 Å². The van der Waals surface area contributed by atoms with Crippen LogP contribution < -0.4 is 5.32 Å². The average Bonchev–Trinajstić information content (AvgIpc) is 2.95. The first kappa shape index (κ1) is 26.2. The van der Waals surface area contributed by atoms with Crippen molar-refractivity contribution in [1.29, 1.82) is 0 Å². The van der Waals surface area contributed by atoms with Crippen molar-refractivity contribution in [2.75, 3.05) is 32.8 Å². The van der Waals surface area contributed by atoms with Gasteiger partial charge in [-0.05, 0) is 61.1 Å². The van der Waals surface area contributed by atoms with E-state index in [-0.39, 0.29) is 5.91 Å². The molecule has 37 heavy (non-hydrogen) atoms. The first-order valence-electron chi connectivity index (χ1n) is 12.9. The fraction of sp³-hybridized carbons (Fsp3) is 0.367. The number of aliphatic hydroxyl groups is 1. The molecule has 2 saturated heterocycles. The highest BCUT2D eigenvalue weighted by Gasteiger charge is 2.40. The van der Waals surface area contributed by atoms with Crippen LogP contribution in [0.3, 0.4) is 0 Å². The summed E-state index contributed by atoms with van der Waals surface area (Å²) in [5, 5.41) is 16.1. The number of rotatable bonds is 6. The van der Waals surface area contributed by atoms with Crippen LogP contribution in [-0.2, 0) is 11.1 Å². The Morgan fingerprint density at radius 1 is 0.838 bits per heavy atom. The molecule has 1 atom stereocenters. The number of nitrogens with zero attached hydrogens (tertiary/aromatic N) is 2. The van der Waals surface area contributed by atoms with E-state index in [2.05, 4.69) is 10.2 Å². The van der Waals surface area contributed by atoms with Gasteiger partial charge in [0, 0.05) is 38.4 Å². The second-order valence-electron chi connectivity index (χ2n) is 10.3. The highest BCUT2D eigenvalue weighted by atomic mass is 35.5. The smallest absolute Gasteiger partial charge is 0.253 e. The summed E-state index contributed by atoms with van der Waals surface area (Å²) in [6.45, 7) is 3.47. The molecule has 1 unspecified atom stereocenters. The summed E-state index contributed by atoms with van der Waals surface area (Å²) >= 11 is 12.7. The van der Waals surface area contributed by atoms with Gasteiger partial charge in [-0.25, -0.2) is 0 Å². The van der Waals surface area contributed by atoms with Crippen LogP contribution in [0, 0.1) is 0 Å². The summed E-state index contributed by atoms with van der Waals surface area (Å²) in [5.74, 6) is 0.0393. The number of piperidine rings is 2. The van der Waals surface area contributed by atoms with E-state index in [0.29, 0.717) is 48.2 Å². The topological polar surface area (TPSA) is 55.8 Å². The fourth-order valence-electron chi connectivity index (χ4n) is 5.65. The van der Waals surface area contributed by atoms with Crippen LogP contribution in [0.1, 0.15) is 47.2 Å². The quantitative estimate of drug-likeness (QED) is 0.426. The van der Waals surface area contributed by atoms with Crippen molar-refractivity contribution >= 4 is 29.1 Å². The SMILES string of the molecule is O=C(c1ccccc1)N1CCCC(NCN2CCC(O)(c3ccccc3)CC2)(c2ccc(Cl)c(Cl)c2)C1. The Balaban J connectivity index is 1.33. The van der Waals surface area contributed by atoms with Crippen LogP contribution >= 0.6 is 23.2 Å². The van der Waals surface area contributed by atoms with Gasteiger partial charge in [0.25, 0.3) is 5.91 Å². The van der Waals surface area contributed by atoms with Crippen LogP contribution in [0.5, 0.6) is 0 Å². The molecule has 5 rings (SSSR count). The Morgan fingerprint density at radius 2 is 1.51 bits per heavy atom. The molecule has 0 bridgehead atoms. The molecule has 2 aliphatic rings. The van der Waals surface area contributed by atoms with E-state index in [1.54, 1.807) is 0 Å². The molecule has 0 saturated carbocycles. The molecule has 2 N–H and O–H groups in total. The maximum absolute atomic E-state index is 13.4. The van der Waals surface area contributed by atoms with Crippen molar-refractivity contribution in [2.24, 2.45) is 0 Å². The number of likely N-dealkylation sites (tertiary alicyclic amines) is 2. The average molecular weight is 539 g/mol. The minimum atomic E-state index is -0.789. The van der Waals surface area contributed by atoms with Gasteiger partial charge in [0.2, 0.25) is 0 Å². The molecule has 2 aliphatic heterocycles. The first-order valence-corrected chi connectivity index (χ1v) is 13.7. The minimum Gasteiger partial charge on any atom is -0.385 e. The number of halogens is 2. The number of carbonyl (C=O) groups is 1. The highest BCUT2D eigenvalue weighted by Crippen LogP contribution is 2.37. The summed E-state index contributed by atoms with van der Waals surface area (Å²) in [4.78, 5) is 17.6. The Labute approximate surface area is 229 Å². The predicted octanol–water partition coefficient (Wildman–Crippen LogP) is 5.66. The van der Waals surface area contributed by atoms with Crippen molar-refractivity contribution in [3.63, 3.8) is 0 Å². The van der Waals surface area contributed by atoms with Crippen molar-refractivity contribution in [3.05, 3.63) is 106 Å². The van der Waals surface area contributed by atoms with Gasteiger partial charge in [0.15, 0.2) is 0 Å². The van der Waals surface area contributed by atoms with Crippen molar-refractivity contribution in [3.8, 4) is 0 Å². The normalized spacial score (nSPS) is 22.1. The van der Waals surface area contributed by atoms with E-state index in [1.165, 1.54) is 0 Å². The monoisotopic (exact) mass is 537 g/mol. The third-order valence-corrected chi connectivity index (χ3v) is 8.65. The Bertz CT molecular complexity index is 1220. The van der Waals surface area contributed by atoms with Crippen LogP contribution in [0.4, 0.5) is 0 Å². The number of carbonyl (C=O) groups excluding carboxylic acids is 1. The molecule has 5 nitrogen and oxygen atoms in total. The van der Waals surface area contributed by atoms with E-state index in [0.717, 1.165) is 37.1 Å². The Morgan fingerprint density at radius 3 is 2.19 bits per heavy atom. The minimum absolute atomic E-state index is 0.0393. The number of amides is 1. The number of nitrogens with one attached hydrogen (secondary N) is 1. The van der Waals surface area contributed by atoms with E-state index in [1.807, 2.05) is 83.8 Å². The lowest BCUT2D eigenvalue weighted by Crippen LogP contribution is -2.58. The molecule has 0 aromatic heterocycles. The van der Waals surface area contributed by atoms with Crippen LogP contribution in [0.15, 0.2) is 78.9 Å². The lowest BCUT2D eigenvalue weighted by molar-refractivity contribution is -0.0307. The van der Waals surface area contributed by atoms with Crippen molar-refractivity contribution in [1.82, 2.24) is 15.1 Å². The van der Waals surface area contributed by atoms with Gasteiger partial charge in [-0.15, -0.1) is 0 Å². The molecule has 0 radical (unpaired) electrons. The molecule has 194 valence electrons. The fourth-order valence-corrected chi connectivity index (χ4v) is 5.95. The van der Waals surface area contributed by atoms with Crippen LogP contribution in [0.25, 0.3) is 0 Å². The molecule has 3 aromatic rings. The molecule has 2 fully saturated rings. The second kappa shape index (κ2) is 11.1. The zero-order valence-electron chi connectivity index (χ0n) is 20.9. The zero-order valence-corrected chi connectivity index (χ0v) is 22.4. The Kier molecular flexibility index (Phi) is 7.89. The van der Waals surface area contributed by atoms with Gasteiger partial charge in [-0.3, -0.25) is 15.0 Å². The highest BCUT2D eigenvalue weighted by molar-refractivity contribution is 6.42. The van der Waals surface area contributed by atoms with E-state index in [4.69, 9.17) is 23.2 Å². The third kappa shape index (κ3) is 5.71. The lowest BCUT2D eigenvalue weighted by atomic mass is 9.81. The standard InChI is InChI=1S/C30H33Cl2N3O2/c31-26-13-12-25(20-27(26)32)29(14-7-17-35(21-29)28(36)23-8-3-1-4-9-23)33-22-34-18-15-30(37,16-19-34)24-10-5-2-6-11-24/h1-6,8-13,20,33,37H,7,14-19,21-22H2. The summed E-state index contributed by atoms with van der Waals surface area (Å²) in [6.07, 6.45) is 3.11. The summed E-state index contributed by atoms with van der Waals surface area (Å²) in [6, 6.07) is 25.2. The molecule has 3 aromatic carbocycles. The van der Waals surface area contributed by atoms with Gasteiger partial charge in [-0.2, -0.15) is 0 Å². The summed E-state index contributed by atoms with van der Waals surface area (Å²) in [5.41, 5.74) is 1.47. The number of hydrogen-bond donors (Lipinski definition) is 2. The molecular weight excluding hydrogens is 505 g/mol. The molecule has 0 spiro atoms. The van der Waals surface area contributed by atoms with Gasteiger partial charge < -0.3 is 10.0 Å². The van der Waals surface area contributed by atoms with Gasteiger partial charge in [-0.1, -0.05) is 77.8 Å². The number of hydrogen-bond acceptors (Lipinski definition) is 4. The van der Waals surface area contributed by atoms with Crippen molar-refractivity contribution < 1.29 is 9.90 Å².